The van der Waals surface area contributed by atoms with Gasteiger partial charge >= 0.3 is 5.97 Å². The van der Waals surface area contributed by atoms with Crippen LogP contribution in [0, 0.1) is 11.6 Å². The highest BCUT2D eigenvalue weighted by Crippen LogP contribution is 2.24. The molecule has 0 saturated heterocycles. The Morgan fingerprint density at radius 2 is 1.85 bits per heavy atom. The Labute approximate surface area is 113 Å². The fraction of sp³-hybridized carbons (Fsp3) is 0.273. The van der Waals surface area contributed by atoms with Crippen molar-refractivity contribution in [3.8, 4) is 0 Å². The molecule has 9 heteroatoms. The molecule has 110 valence electrons. The van der Waals surface area contributed by atoms with Crippen LogP contribution >= 0.6 is 0 Å². The average Bonchev–Trinajstić information content (AvgIpc) is 2.39. The molecule has 0 bridgehead atoms. The Balaban J connectivity index is 3.53. The smallest absolute Gasteiger partial charge is 0.335 e. The van der Waals surface area contributed by atoms with Gasteiger partial charge in [0.25, 0.3) is 0 Å². The summed E-state index contributed by atoms with van der Waals surface area (Å²) in [5.74, 6) is -5.88. The van der Waals surface area contributed by atoms with Crippen LogP contribution in [-0.2, 0) is 14.6 Å². The number of carboxylic acids is 1. The number of hydrogen-bond donors (Lipinski definition) is 2. The fourth-order valence-electron chi connectivity index (χ4n) is 1.43. The highest BCUT2D eigenvalue weighted by Gasteiger charge is 2.33. The van der Waals surface area contributed by atoms with Gasteiger partial charge in [0.1, 0.15) is 10.1 Å². The van der Waals surface area contributed by atoms with Crippen molar-refractivity contribution in [3.05, 3.63) is 29.3 Å². The molecule has 0 aliphatic heterocycles. The van der Waals surface area contributed by atoms with Crippen molar-refractivity contribution >= 4 is 21.7 Å². The van der Waals surface area contributed by atoms with Crippen molar-refractivity contribution in [2.24, 2.45) is 0 Å². The second-order valence-corrected chi connectivity index (χ2v) is 6.11. The predicted molar refractivity (Wildman–Crippen MR) is 64.0 cm³/mol. The van der Waals surface area contributed by atoms with Gasteiger partial charge in [-0.05, 0) is 19.1 Å². The number of benzene rings is 1. The lowest BCUT2D eigenvalue weighted by Gasteiger charge is -2.13. The number of carboxylic acid groups (broad SMARTS) is 1. The molecule has 0 saturated carbocycles. The standard InChI is InChI=1S/C11H11F2NO5S/c1-5(10(15)14-2)20(18,19)8-4-6(11(16)17)3-7(12)9(8)13/h3-5H,1-2H3,(H,14,15)(H,16,17). The summed E-state index contributed by atoms with van der Waals surface area (Å²) in [6, 6.07) is 0.844. The lowest BCUT2D eigenvalue weighted by atomic mass is 10.2. The van der Waals surface area contributed by atoms with Crippen LogP contribution in [0.2, 0.25) is 0 Å². The van der Waals surface area contributed by atoms with Crippen molar-refractivity contribution < 1.29 is 31.9 Å². The summed E-state index contributed by atoms with van der Waals surface area (Å²) in [5, 5.41) is 9.09. The van der Waals surface area contributed by atoms with Crippen LogP contribution in [0.1, 0.15) is 17.3 Å². The van der Waals surface area contributed by atoms with E-state index < -0.39 is 49.1 Å². The zero-order valence-electron chi connectivity index (χ0n) is 10.5. The summed E-state index contributed by atoms with van der Waals surface area (Å²) in [4.78, 5) is 20.9. The van der Waals surface area contributed by atoms with Gasteiger partial charge in [0.15, 0.2) is 21.5 Å². The number of sulfone groups is 1. The van der Waals surface area contributed by atoms with E-state index in [1.54, 1.807) is 0 Å². The molecule has 0 fully saturated rings. The summed E-state index contributed by atoms with van der Waals surface area (Å²) >= 11 is 0. The summed E-state index contributed by atoms with van der Waals surface area (Å²) in [6.07, 6.45) is 0. The minimum absolute atomic E-state index is 0.362. The van der Waals surface area contributed by atoms with Gasteiger partial charge in [0.05, 0.1) is 5.56 Å². The van der Waals surface area contributed by atoms with Gasteiger partial charge in [-0.15, -0.1) is 0 Å². The molecule has 0 heterocycles. The molecule has 0 radical (unpaired) electrons. The third-order valence-electron chi connectivity index (χ3n) is 2.63. The molecule has 1 atom stereocenters. The van der Waals surface area contributed by atoms with E-state index in [1.165, 1.54) is 7.05 Å². The quantitative estimate of drug-likeness (QED) is 0.847. The first-order valence-corrected chi connectivity index (χ1v) is 6.85. The molecule has 0 aliphatic carbocycles. The van der Waals surface area contributed by atoms with Gasteiger partial charge in [-0.1, -0.05) is 0 Å². The molecule has 1 unspecified atom stereocenters. The van der Waals surface area contributed by atoms with Crippen LogP contribution in [0.3, 0.4) is 0 Å². The zero-order valence-corrected chi connectivity index (χ0v) is 11.3. The highest BCUT2D eigenvalue weighted by molar-refractivity contribution is 7.92. The van der Waals surface area contributed by atoms with E-state index in [9.17, 15) is 26.8 Å². The Kier molecular flexibility index (Phi) is 4.43. The van der Waals surface area contributed by atoms with Crippen molar-refractivity contribution in [1.82, 2.24) is 5.32 Å². The van der Waals surface area contributed by atoms with Gasteiger partial charge in [0.2, 0.25) is 5.91 Å². The van der Waals surface area contributed by atoms with Crippen molar-refractivity contribution in [1.29, 1.82) is 0 Å². The topological polar surface area (TPSA) is 101 Å². The number of nitrogens with one attached hydrogen (secondary N) is 1. The Morgan fingerprint density at radius 1 is 1.30 bits per heavy atom. The molecule has 0 spiro atoms. The Morgan fingerprint density at radius 3 is 2.30 bits per heavy atom. The average molecular weight is 307 g/mol. The Bertz CT molecular complexity index is 672. The first-order chi connectivity index (χ1) is 9.12. The highest BCUT2D eigenvalue weighted by atomic mass is 32.2. The molecular weight excluding hydrogens is 296 g/mol. The van der Waals surface area contributed by atoms with Crippen LogP contribution in [0.5, 0.6) is 0 Å². The first kappa shape index (κ1) is 16.0. The summed E-state index contributed by atoms with van der Waals surface area (Å²) in [5.41, 5.74) is -0.730. The molecular formula is C11H11F2NO5S. The maximum absolute atomic E-state index is 13.6. The van der Waals surface area contributed by atoms with Crippen LogP contribution in [0.15, 0.2) is 17.0 Å². The number of rotatable bonds is 4. The largest absolute Gasteiger partial charge is 0.478 e. The number of carbonyl (C=O) groups excluding carboxylic acids is 1. The van der Waals surface area contributed by atoms with Crippen molar-refractivity contribution in [2.45, 2.75) is 17.1 Å². The summed E-state index contributed by atoms with van der Waals surface area (Å²) in [6.45, 7) is 0.985. The zero-order chi connectivity index (χ0) is 15.7. The molecule has 1 rings (SSSR count). The monoisotopic (exact) mass is 307 g/mol. The lowest BCUT2D eigenvalue weighted by Crippen LogP contribution is -2.36. The number of amides is 1. The van der Waals surface area contributed by atoms with Crippen molar-refractivity contribution in [2.75, 3.05) is 7.05 Å². The maximum Gasteiger partial charge on any atom is 0.335 e. The molecule has 0 aliphatic rings. The van der Waals surface area contributed by atoms with Gasteiger partial charge < -0.3 is 10.4 Å². The molecule has 6 nitrogen and oxygen atoms in total. The molecule has 1 amide bonds. The van der Waals surface area contributed by atoms with Crippen LogP contribution in [0.25, 0.3) is 0 Å². The summed E-state index contributed by atoms with van der Waals surface area (Å²) in [7, 11) is -3.37. The normalized spacial score (nSPS) is 12.8. The second kappa shape index (κ2) is 5.53. The van der Waals surface area contributed by atoms with Gasteiger partial charge in [-0.2, -0.15) is 0 Å². The van der Waals surface area contributed by atoms with E-state index in [1.807, 2.05) is 0 Å². The number of halogens is 2. The summed E-state index contributed by atoms with van der Waals surface area (Å²) < 4.78 is 50.9. The lowest BCUT2D eigenvalue weighted by molar-refractivity contribution is -0.119. The van der Waals surface area contributed by atoms with E-state index >= 15 is 0 Å². The van der Waals surface area contributed by atoms with Crippen molar-refractivity contribution in [3.63, 3.8) is 0 Å². The van der Waals surface area contributed by atoms with Gasteiger partial charge in [-0.3, -0.25) is 4.79 Å². The number of hydrogen-bond acceptors (Lipinski definition) is 4. The predicted octanol–water partition coefficient (Wildman–Crippen LogP) is 0.571. The van der Waals surface area contributed by atoms with Gasteiger partial charge in [-0.25, -0.2) is 22.0 Å². The minimum Gasteiger partial charge on any atom is -0.478 e. The van der Waals surface area contributed by atoms with Crippen LogP contribution in [0.4, 0.5) is 8.78 Å². The van der Waals surface area contributed by atoms with E-state index in [-0.39, 0.29) is 0 Å². The third kappa shape index (κ3) is 2.77. The maximum atomic E-state index is 13.6. The SMILES string of the molecule is CNC(=O)C(C)S(=O)(=O)c1cc(C(=O)O)cc(F)c1F. The molecule has 1 aromatic carbocycles. The first-order valence-electron chi connectivity index (χ1n) is 5.30. The Hall–Kier alpha value is -2.03. The van der Waals surface area contributed by atoms with Gasteiger partial charge in [0, 0.05) is 7.05 Å². The molecule has 0 aromatic heterocycles. The minimum atomic E-state index is -4.55. The van der Waals surface area contributed by atoms with E-state index in [0.717, 1.165) is 6.92 Å². The van der Waals surface area contributed by atoms with Crippen LogP contribution in [-0.4, -0.2) is 37.7 Å². The molecule has 2 N–H and O–H groups in total. The molecule has 20 heavy (non-hydrogen) atoms. The van der Waals surface area contributed by atoms with E-state index in [0.29, 0.717) is 12.1 Å². The van der Waals surface area contributed by atoms with E-state index in [4.69, 9.17) is 5.11 Å². The van der Waals surface area contributed by atoms with E-state index in [2.05, 4.69) is 5.32 Å². The number of carbonyl (C=O) groups is 2. The molecule has 1 aromatic rings. The number of aromatic carboxylic acids is 1. The second-order valence-electron chi connectivity index (χ2n) is 3.88. The third-order valence-corrected chi connectivity index (χ3v) is 4.68. The van der Waals surface area contributed by atoms with Crippen LogP contribution < -0.4 is 5.32 Å². The fourth-order valence-corrected chi connectivity index (χ4v) is 2.85.